The minimum absolute atomic E-state index is 0.257. The number of nitrogens with one attached hydrogen (secondary N) is 1. The second-order valence-corrected chi connectivity index (χ2v) is 6.73. The average molecular weight is 315 g/mol. The first-order valence-corrected chi connectivity index (χ1v) is 8.25. The lowest BCUT2D eigenvalue weighted by atomic mass is 10.3. The SMILES string of the molecule is COC(=O)CSc1nnc(NCCc2cccs2)s1. The molecule has 102 valence electrons. The van der Waals surface area contributed by atoms with Gasteiger partial charge in [0, 0.05) is 11.4 Å². The van der Waals surface area contributed by atoms with Gasteiger partial charge in [-0.1, -0.05) is 29.2 Å². The number of thioether (sulfide) groups is 1. The molecule has 0 unspecified atom stereocenters. The zero-order valence-corrected chi connectivity index (χ0v) is 12.7. The quantitative estimate of drug-likeness (QED) is 0.626. The molecular weight excluding hydrogens is 302 g/mol. The van der Waals surface area contributed by atoms with Gasteiger partial charge in [0.2, 0.25) is 5.13 Å². The third kappa shape index (κ3) is 4.81. The van der Waals surface area contributed by atoms with E-state index in [1.807, 2.05) is 6.07 Å². The summed E-state index contributed by atoms with van der Waals surface area (Å²) in [5, 5.41) is 14.1. The monoisotopic (exact) mass is 315 g/mol. The Balaban J connectivity index is 1.73. The normalized spacial score (nSPS) is 10.4. The van der Waals surface area contributed by atoms with Crippen LogP contribution in [0, 0.1) is 0 Å². The number of carbonyl (C=O) groups excluding carboxylic acids is 1. The summed E-state index contributed by atoms with van der Waals surface area (Å²) < 4.78 is 5.33. The number of anilines is 1. The first kappa shape index (κ1) is 14.3. The van der Waals surface area contributed by atoms with Crippen LogP contribution in [0.5, 0.6) is 0 Å². The number of ether oxygens (including phenoxy) is 1. The van der Waals surface area contributed by atoms with E-state index in [2.05, 4.69) is 31.7 Å². The van der Waals surface area contributed by atoms with Gasteiger partial charge >= 0.3 is 5.97 Å². The summed E-state index contributed by atoms with van der Waals surface area (Å²) >= 11 is 4.53. The molecule has 0 spiro atoms. The Hall–Kier alpha value is -1.12. The second kappa shape index (κ2) is 7.46. The van der Waals surface area contributed by atoms with E-state index in [0.717, 1.165) is 22.4 Å². The molecule has 0 atom stereocenters. The molecule has 0 fully saturated rings. The second-order valence-electron chi connectivity index (χ2n) is 3.49. The third-order valence-electron chi connectivity index (χ3n) is 2.18. The van der Waals surface area contributed by atoms with E-state index in [1.54, 1.807) is 11.3 Å². The highest BCUT2D eigenvalue weighted by Gasteiger charge is 2.07. The van der Waals surface area contributed by atoms with E-state index < -0.39 is 0 Å². The molecular formula is C11H13N3O2S3. The van der Waals surface area contributed by atoms with Crippen LogP contribution in [0.15, 0.2) is 21.9 Å². The lowest BCUT2D eigenvalue weighted by Crippen LogP contribution is -2.03. The van der Waals surface area contributed by atoms with Gasteiger partial charge < -0.3 is 10.1 Å². The highest BCUT2D eigenvalue weighted by atomic mass is 32.2. The summed E-state index contributed by atoms with van der Waals surface area (Å²) in [5.74, 6) is 0.00718. The van der Waals surface area contributed by atoms with E-state index >= 15 is 0 Å². The van der Waals surface area contributed by atoms with Crippen molar-refractivity contribution in [2.24, 2.45) is 0 Å². The van der Waals surface area contributed by atoms with Crippen molar-refractivity contribution in [3.63, 3.8) is 0 Å². The summed E-state index contributed by atoms with van der Waals surface area (Å²) in [7, 11) is 1.38. The molecule has 0 saturated heterocycles. The number of hydrogen-bond donors (Lipinski definition) is 1. The number of carbonyl (C=O) groups is 1. The molecule has 8 heteroatoms. The molecule has 0 radical (unpaired) electrons. The average Bonchev–Trinajstić information content (AvgIpc) is 3.07. The van der Waals surface area contributed by atoms with E-state index in [9.17, 15) is 4.79 Å². The maximum absolute atomic E-state index is 11.0. The Morgan fingerprint density at radius 3 is 3.16 bits per heavy atom. The topological polar surface area (TPSA) is 64.1 Å². The molecule has 0 aromatic carbocycles. The van der Waals surface area contributed by atoms with E-state index in [0.29, 0.717) is 0 Å². The molecule has 2 aromatic heterocycles. The molecule has 2 heterocycles. The molecule has 0 aliphatic carbocycles. The van der Waals surface area contributed by atoms with Gasteiger partial charge in [-0.3, -0.25) is 4.79 Å². The Morgan fingerprint density at radius 1 is 1.53 bits per heavy atom. The van der Waals surface area contributed by atoms with Crippen LogP contribution in [-0.4, -0.2) is 35.6 Å². The Bertz CT molecular complexity index is 513. The summed E-state index contributed by atoms with van der Waals surface area (Å²) in [6.45, 7) is 0.830. The van der Waals surface area contributed by atoms with Gasteiger partial charge in [-0.15, -0.1) is 21.5 Å². The first-order chi connectivity index (χ1) is 9.28. The molecule has 1 N–H and O–H groups in total. The van der Waals surface area contributed by atoms with Gasteiger partial charge in [0.05, 0.1) is 12.9 Å². The van der Waals surface area contributed by atoms with Crippen molar-refractivity contribution in [1.29, 1.82) is 0 Å². The van der Waals surface area contributed by atoms with Crippen LogP contribution < -0.4 is 5.32 Å². The zero-order valence-electron chi connectivity index (χ0n) is 10.3. The Morgan fingerprint density at radius 2 is 2.42 bits per heavy atom. The van der Waals surface area contributed by atoms with Crippen LogP contribution in [0.25, 0.3) is 0 Å². The minimum Gasteiger partial charge on any atom is -0.468 e. The van der Waals surface area contributed by atoms with Crippen molar-refractivity contribution in [2.45, 2.75) is 10.8 Å². The predicted octanol–water partition coefficient (Wildman–Crippen LogP) is 2.52. The van der Waals surface area contributed by atoms with Gasteiger partial charge in [0.25, 0.3) is 0 Å². The van der Waals surface area contributed by atoms with Gasteiger partial charge in [-0.05, 0) is 17.9 Å². The van der Waals surface area contributed by atoms with E-state index in [-0.39, 0.29) is 11.7 Å². The maximum Gasteiger partial charge on any atom is 0.316 e. The summed E-state index contributed by atoms with van der Waals surface area (Å²) in [6.07, 6.45) is 0.974. The van der Waals surface area contributed by atoms with Gasteiger partial charge in [-0.2, -0.15) is 0 Å². The lowest BCUT2D eigenvalue weighted by molar-refractivity contribution is -0.137. The van der Waals surface area contributed by atoms with Crippen LogP contribution in [0.1, 0.15) is 4.88 Å². The number of esters is 1. The van der Waals surface area contributed by atoms with Crippen LogP contribution >= 0.6 is 34.4 Å². The Labute approximate surface area is 123 Å². The van der Waals surface area contributed by atoms with Crippen molar-refractivity contribution in [2.75, 3.05) is 24.7 Å². The van der Waals surface area contributed by atoms with Gasteiger partial charge in [0.15, 0.2) is 4.34 Å². The summed E-state index contributed by atoms with van der Waals surface area (Å²) in [5.41, 5.74) is 0. The van der Waals surface area contributed by atoms with Gasteiger partial charge in [-0.25, -0.2) is 0 Å². The van der Waals surface area contributed by atoms with E-state index in [4.69, 9.17) is 0 Å². The van der Waals surface area contributed by atoms with Crippen LogP contribution in [-0.2, 0) is 16.0 Å². The standard InChI is InChI=1S/C11H13N3O2S3/c1-16-9(15)7-18-11-14-13-10(19-11)12-5-4-8-3-2-6-17-8/h2-3,6H,4-5,7H2,1H3,(H,12,13). The van der Waals surface area contributed by atoms with Crippen LogP contribution in [0.2, 0.25) is 0 Å². The molecule has 0 bridgehead atoms. The number of aromatic nitrogens is 2. The smallest absolute Gasteiger partial charge is 0.316 e. The highest BCUT2D eigenvalue weighted by Crippen LogP contribution is 2.25. The molecule has 2 rings (SSSR count). The number of methoxy groups -OCH3 is 1. The van der Waals surface area contributed by atoms with Crippen LogP contribution in [0.3, 0.4) is 0 Å². The number of hydrogen-bond acceptors (Lipinski definition) is 8. The van der Waals surface area contributed by atoms with Crippen molar-refractivity contribution in [1.82, 2.24) is 10.2 Å². The molecule has 0 aliphatic rings. The first-order valence-electron chi connectivity index (χ1n) is 5.57. The minimum atomic E-state index is -0.257. The zero-order chi connectivity index (χ0) is 13.5. The fraction of sp³-hybridized carbons (Fsp3) is 0.364. The molecule has 0 aliphatic heterocycles. The highest BCUT2D eigenvalue weighted by molar-refractivity contribution is 8.01. The number of rotatable bonds is 7. The fourth-order valence-corrected chi connectivity index (χ4v) is 3.59. The van der Waals surface area contributed by atoms with Crippen molar-refractivity contribution < 1.29 is 9.53 Å². The molecule has 5 nitrogen and oxygen atoms in total. The Kier molecular flexibility index (Phi) is 5.62. The molecule has 0 saturated carbocycles. The van der Waals surface area contributed by atoms with Crippen molar-refractivity contribution >= 4 is 45.5 Å². The largest absolute Gasteiger partial charge is 0.468 e. The summed E-state index contributed by atoms with van der Waals surface area (Å²) in [6, 6.07) is 4.16. The number of nitrogens with zero attached hydrogens (tertiary/aromatic N) is 2. The van der Waals surface area contributed by atoms with Crippen molar-refractivity contribution in [3.8, 4) is 0 Å². The van der Waals surface area contributed by atoms with Gasteiger partial charge in [0.1, 0.15) is 0 Å². The number of thiophene rings is 1. The summed E-state index contributed by atoms with van der Waals surface area (Å²) in [4.78, 5) is 12.3. The maximum atomic E-state index is 11.0. The van der Waals surface area contributed by atoms with Crippen LogP contribution in [0.4, 0.5) is 5.13 Å². The molecule has 2 aromatic rings. The van der Waals surface area contributed by atoms with Crippen molar-refractivity contribution in [3.05, 3.63) is 22.4 Å². The molecule has 19 heavy (non-hydrogen) atoms. The van der Waals surface area contributed by atoms with E-state index in [1.165, 1.54) is 35.1 Å². The molecule has 0 amide bonds. The predicted molar refractivity (Wildman–Crippen MR) is 79.2 cm³/mol. The fourth-order valence-electron chi connectivity index (χ4n) is 1.27. The third-order valence-corrected chi connectivity index (χ3v) is 5.10. The lowest BCUT2D eigenvalue weighted by Gasteiger charge is -1.99.